The molecule has 0 atom stereocenters. The monoisotopic (exact) mass is 304 g/mol. The van der Waals surface area contributed by atoms with Crippen LogP contribution in [0, 0.1) is 11.3 Å². The maximum atomic E-state index is 9.20. The van der Waals surface area contributed by atoms with Crippen molar-refractivity contribution in [2.75, 3.05) is 7.05 Å². The van der Waals surface area contributed by atoms with Crippen molar-refractivity contribution in [2.24, 2.45) is 4.99 Å². The molecule has 1 aliphatic rings. The number of hydrogen-bond donors (Lipinski definition) is 2. The van der Waals surface area contributed by atoms with E-state index in [1.54, 1.807) is 7.05 Å². The number of guanidine groups is 1. The molecule has 0 radical (unpaired) electrons. The van der Waals surface area contributed by atoms with Gasteiger partial charge in [0, 0.05) is 19.6 Å². The lowest BCUT2D eigenvalue weighted by atomic mass is 9.99. The summed E-state index contributed by atoms with van der Waals surface area (Å²) in [6.45, 7) is 0.729. The lowest BCUT2D eigenvalue weighted by molar-refractivity contribution is 0.805. The van der Waals surface area contributed by atoms with Crippen molar-refractivity contribution in [2.45, 2.75) is 25.4 Å². The Hall–Kier alpha value is -2.80. The molecule has 4 nitrogen and oxygen atoms in total. The zero-order valence-electron chi connectivity index (χ0n) is 13.2. The van der Waals surface area contributed by atoms with Gasteiger partial charge in [-0.05, 0) is 35.6 Å². The molecule has 0 aliphatic heterocycles. The first-order valence-corrected chi connectivity index (χ1v) is 7.86. The van der Waals surface area contributed by atoms with Crippen molar-refractivity contribution in [3.8, 4) is 17.2 Å². The van der Waals surface area contributed by atoms with Gasteiger partial charge in [-0.1, -0.05) is 42.5 Å². The molecule has 4 heteroatoms. The number of rotatable bonds is 4. The van der Waals surface area contributed by atoms with Gasteiger partial charge >= 0.3 is 0 Å². The predicted octanol–water partition coefficient (Wildman–Crippen LogP) is 3.05. The van der Waals surface area contributed by atoms with E-state index in [2.05, 4.69) is 46.0 Å². The Balaban J connectivity index is 1.66. The first-order valence-electron chi connectivity index (χ1n) is 7.86. The second-order valence-electron chi connectivity index (χ2n) is 5.70. The van der Waals surface area contributed by atoms with Crippen LogP contribution in [0.2, 0.25) is 0 Å². The normalized spacial score (nSPS) is 14.2. The first kappa shape index (κ1) is 15.1. The molecule has 1 saturated carbocycles. The number of hydrogen-bond acceptors (Lipinski definition) is 2. The molecule has 3 rings (SSSR count). The maximum Gasteiger partial charge on any atom is 0.191 e. The standard InChI is InChI=1S/C19H20N4/c1-21-19(23-17-10-11-17)22-13-14-6-8-15(9-7-14)18-5-3-2-4-16(18)12-20/h2-9,17H,10-11,13H2,1H3,(H2,21,22,23). The van der Waals surface area contributed by atoms with Crippen molar-refractivity contribution in [3.05, 3.63) is 59.7 Å². The van der Waals surface area contributed by atoms with Crippen LogP contribution in [0.25, 0.3) is 11.1 Å². The van der Waals surface area contributed by atoms with E-state index in [-0.39, 0.29) is 0 Å². The van der Waals surface area contributed by atoms with E-state index in [1.807, 2.05) is 24.3 Å². The summed E-state index contributed by atoms with van der Waals surface area (Å²) in [6, 6.07) is 18.8. The quantitative estimate of drug-likeness (QED) is 0.674. The van der Waals surface area contributed by atoms with E-state index in [0.717, 1.165) is 23.6 Å². The Kier molecular flexibility index (Phi) is 4.58. The molecule has 0 heterocycles. The molecule has 2 aromatic rings. The fraction of sp³-hybridized carbons (Fsp3) is 0.263. The van der Waals surface area contributed by atoms with E-state index in [0.29, 0.717) is 11.6 Å². The van der Waals surface area contributed by atoms with Crippen LogP contribution in [0.1, 0.15) is 24.0 Å². The summed E-state index contributed by atoms with van der Waals surface area (Å²) >= 11 is 0. The van der Waals surface area contributed by atoms with E-state index in [4.69, 9.17) is 0 Å². The molecule has 0 amide bonds. The Bertz CT molecular complexity index is 737. The molecule has 0 spiro atoms. The summed E-state index contributed by atoms with van der Waals surface area (Å²) in [5.41, 5.74) is 3.92. The minimum Gasteiger partial charge on any atom is -0.354 e. The van der Waals surface area contributed by atoms with Gasteiger partial charge in [-0.15, -0.1) is 0 Å². The number of nitrogens with one attached hydrogen (secondary N) is 2. The van der Waals surface area contributed by atoms with Crippen molar-refractivity contribution in [1.82, 2.24) is 10.6 Å². The van der Waals surface area contributed by atoms with E-state index in [9.17, 15) is 5.26 Å². The molecule has 2 aromatic carbocycles. The third kappa shape index (κ3) is 3.89. The molecule has 23 heavy (non-hydrogen) atoms. The van der Waals surface area contributed by atoms with E-state index >= 15 is 0 Å². The lowest BCUT2D eigenvalue weighted by Crippen LogP contribution is -2.38. The fourth-order valence-corrected chi connectivity index (χ4v) is 2.44. The second kappa shape index (κ2) is 6.97. The highest BCUT2D eigenvalue weighted by atomic mass is 15.2. The highest BCUT2D eigenvalue weighted by Gasteiger charge is 2.21. The van der Waals surface area contributed by atoms with Gasteiger partial charge in [-0.3, -0.25) is 4.99 Å². The van der Waals surface area contributed by atoms with Crippen LogP contribution in [0.5, 0.6) is 0 Å². The summed E-state index contributed by atoms with van der Waals surface area (Å²) in [5.74, 6) is 0.853. The topological polar surface area (TPSA) is 60.2 Å². The second-order valence-corrected chi connectivity index (χ2v) is 5.70. The van der Waals surface area contributed by atoms with Crippen LogP contribution in [0.15, 0.2) is 53.5 Å². The minimum absolute atomic E-state index is 0.589. The van der Waals surface area contributed by atoms with Gasteiger partial charge in [0.25, 0.3) is 0 Å². The molecule has 0 aromatic heterocycles. The molecular formula is C19H20N4. The van der Waals surface area contributed by atoms with Crippen LogP contribution >= 0.6 is 0 Å². The van der Waals surface area contributed by atoms with E-state index in [1.165, 1.54) is 18.4 Å². The van der Waals surface area contributed by atoms with Crippen LogP contribution < -0.4 is 10.6 Å². The molecule has 0 unspecified atom stereocenters. The van der Waals surface area contributed by atoms with Crippen molar-refractivity contribution < 1.29 is 0 Å². The molecule has 0 saturated heterocycles. The van der Waals surface area contributed by atoms with Crippen molar-refractivity contribution in [3.63, 3.8) is 0 Å². The van der Waals surface area contributed by atoms with Gasteiger partial charge in [0.2, 0.25) is 0 Å². The SMILES string of the molecule is CN=C(NCc1ccc(-c2ccccc2C#N)cc1)NC1CC1. The van der Waals surface area contributed by atoms with Gasteiger partial charge in [0.05, 0.1) is 11.6 Å². The molecule has 116 valence electrons. The lowest BCUT2D eigenvalue weighted by Gasteiger charge is -2.11. The Labute approximate surface area is 136 Å². The van der Waals surface area contributed by atoms with Crippen LogP contribution in [0.3, 0.4) is 0 Å². The van der Waals surface area contributed by atoms with Crippen LogP contribution in [-0.2, 0) is 6.54 Å². The van der Waals surface area contributed by atoms with Gasteiger partial charge in [-0.25, -0.2) is 0 Å². The third-order valence-electron chi connectivity index (χ3n) is 3.91. The third-order valence-corrected chi connectivity index (χ3v) is 3.91. The number of benzene rings is 2. The number of nitriles is 1. The Morgan fingerprint density at radius 3 is 2.57 bits per heavy atom. The zero-order valence-corrected chi connectivity index (χ0v) is 13.2. The average Bonchev–Trinajstić information content (AvgIpc) is 3.43. The maximum absolute atomic E-state index is 9.20. The Morgan fingerprint density at radius 1 is 1.17 bits per heavy atom. The zero-order chi connectivity index (χ0) is 16.1. The Morgan fingerprint density at radius 2 is 1.91 bits per heavy atom. The minimum atomic E-state index is 0.589. The van der Waals surface area contributed by atoms with Gasteiger partial charge in [-0.2, -0.15) is 5.26 Å². The molecule has 2 N–H and O–H groups in total. The number of nitrogens with zero attached hydrogens (tertiary/aromatic N) is 2. The molecular weight excluding hydrogens is 284 g/mol. The average molecular weight is 304 g/mol. The summed E-state index contributed by atoms with van der Waals surface area (Å²) in [7, 11) is 1.79. The van der Waals surface area contributed by atoms with E-state index < -0.39 is 0 Å². The first-order chi connectivity index (χ1) is 11.3. The number of aliphatic imine (C=N–C) groups is 1. The van der Waals surface area contributed by atoms with Gasteiger partial charge in [0.15, 0.2) is 5.96 Å². The summed E-state index contributed by atoms with van der Waals surface area (Å²) in [6.07, 6.45) is 2.46. The summed E-state index contributed by atoms with van der Waals surface area (Å²) < 4.78 is 0. The summed E-state index contributed by atoms with van der Waals surface area (Å²) in [5, 5.41) is 15.9. The molecule has 0 bridgehead atoms. The van der Waals surface area contributed by atoms with Crippen LogP contribution in [0.4, 0.5) is 0 Å². The van der Waals surface area contributed by atoms with Gasteiger partial charge in [0.1, 0.15) is 0 Å². The van der Waals surface area contributed by atoms with Crippen molar-refractivity contribution in [1.29, 1.82) is 5.26 Å². The highest BCUT2D eigenvalue weighted by Crippen LogP contribution is 2.23. The van der Waals surface area contributed by atoms with Crippen LogP contribution in [-0.4, -0.2) is 19.0 Å². The smallest absolute Gasteiger partial charge is 0.191 e. The summed E-state index contributed by atoms with van der Waals surface area (Å²) in [4.78, 5) is 4.23. The van der Waals surface area contributed by atoms with Crippen molar-refractivity contribution >= 4 is 5.96 Å². The highest BCUT2D eigenvalue weighted by molar-refractivity contribution is 5.80. The molecule has 1 aliphatic carbocycles. The van der Waals surface area contributed by atoms with Gasteiger partial charge < -0.3 is 10.6 Å². The predicted molar refractivity (Wildman–Crippen MR) is 92.9 cm³/mol. The molecule has 1 fully saturated rings. The fourth-order valence-electron chi connectivity index (χ4n) is 2.44. The largest absolute Gasteiger partial charge is 0.354 e.